The van der Waals surface area contributed by atoms with Gasteiger partial charge in [0.25, 0.3) is 10.0 Å². The van der Waals surface area contributed by atoms with Crippen LogP contribution in [0, 0.1) is 18.3 Å². The lowest BCUT2D eigenvalue weighted by Crippen LogP contribution is -2.13. The number of anilines is 1. The lowest BCUT2D eigenvalue weighted by atomic mass is 10.1. The summed E-state index contributed by atoms with van der Waals surface area (Å²) in [6.07, 6.45) is 3.19. The molecule has 0 amide bonds. The molecule has 0 fully saturated rings. The first-order chi connectivity index (χ1) is 14.9. The molecular formula is C21H17N5O3S2. The normalized spacial score (nSPS) is 11.1. The van der Waals surface area contributed by atoms with Gasteiger partial charge in [0.2, 0.25) is 0 Å². The molecule has 2 heterocycles. The Kier molecular flexibility index (Phi) is 5.46. The van der Waals surface area contributed by atoms with E-state index in [0.717, 1.165) is 28.2 Å². The first-order valence-electron chi connectivity index (χ1n) is 9.11. The van der Waals surface area contributed by atoms with E-state index in [1.54, 1.807) is 16.3 Å². The number of benzene rings is 2. The Labute approximate surface area is 183 Å². The van der Waals surface area contributed by atoms with Crippen LogP contribution in [-0.2, 0) is 17.1 Å². The van der Waals surface area contributed by atoms with Crippen molar-refractivity contribution in [3.63, 3.8) is 0 Å². The number of ether oxygens (including phenoxy) is 1. The van der Waals surface area contributed by atoms with E-state index < -0.39 is 10.0 Å². The maximum atomic E-state index is 12.6. The van der Waals surface area contributed by atoms with Crippen LogP contribution < -0.4 is 9.46 Å². The Bertz CT molecular complexity index is 1390. The van der Waals surface area contributed by atoms with Crippen LogP contribution in [0.4, 0.5) is 5.13 Å². The zero-order chi connectivity index (χ0) is 22.0. The van der Waals surface area contributed by atoms with Crippen molar-refractivity contribution in [2.45, 2.75) is 11.8 Å². The molecule has 4 aromatic rings. The van der Waals surface area contributed by atoms with Crippen LogP contribution in [0.2, 0.25) is 0 Å². The molecule has 0 atom stereocenters. The van der Waals surface area contributed by atoms with E-state index >= 15 is 0 Å². The number of thiazole rings is 1. The van der Waals surface area contributed by atoms with E-state index in [4.69, 9.17) is 4.74 Å². The molecule has 2 aromatic heterocycles. The van der Waals surface area contributed by atoms with Crippen molar-refractivity contribution in [2.75, 3.05) is 4.72 Å². The van der Waals surface area contributed by atoms with E-state index in [2.05, 4.69) is 14.8 Å². The Morgan fingerprint density at radius 2 is 1.97 bits per heavy atom. The van der Waals surface area contributed by atoms with Gasteiger partial charge in [-0.3, -0.25) is 9.40 Å². The number of nitrogens with one attached hydrogen (secondary N) is 1. The summed E-state index contributed by atoms with van der Waals surface area (Å²) in [7, 11) is -2.05. The molecule has 2 aromatic carbocycles. The summed E-state index contributed by atoms with van der Waals surface area (Å²) in [4.78, 5) is 3.87. The van der Waals surface area contributed by atoms with Gasteiger partial charge in [-0.15, -0.1) is 11.3 Å². The molecule has 0 aliphatic carbocycles. The number of sulfonamides is 1. The molecule has 4 rings (SSSR count). The van der Waals surface area contributed by atoms with E-state index in [1.807, 2.05) is 44.3 Å². The molecule has 31 heavy (non-hydrogen) atoms. The fourth-order valence-electron chi connectivity index (χ4n) is 2.98. The van der Waals surface area contributed by atoms with Crippen molar-refractivity contribution < 1.29 is 13.2 Å². The van der Waals surface area contributed by atoms with Crippen LogP contribution in [0.5, 0.6) is 11.5 Å². The second kappa shape index (κ2) is 8.22. The quantitative estimate of drug-likeness (QED) is 0.468. The summed E-state index contributed by atoms with van der Waals surface area (Å²) >= 11 is 1.16. The van der Waals surface area contributed by atoms with Gasteiger partial charge in [-0.2, -0.15) is 10.4 Å². The molecule has 8 nitrogen and oxygen atoms in total. The van der Waals surface area contributed by atoms with Gasteiger partial charge in [0, 0.05) is 30.4 Å². The molecular weight excluding hydrogens is 434 g/mol. The smallest absolute Gasteiger partial charge is 0.263 e. The van der Waals surface area contributed by atoms with E-state index in [-0.39, 0.29) is 21.3 Å². The fraction of sp³-hybridized carbons (Fsp3) is 0.0952. The summed E-state index contributed by atoms with van der Waals surface area (Å²) in [6, 6.07) is 13.8. The third-order valence-electron chi connectivity index (χ3n) is 4.49. The highest BCUT2D eigenvalue weighted by atomic mass is 32.2. The van der Waals surface area contributed by atoms with Gasteiger partial charge in [0.05, 0.1) is 16.2 Å². The highest BCUT2D eigenvalue weighted by Gasteiger charge is 2.19. The molecule has 0 aliphatic rings. The standard InChI is InChI=1S/C21H17N5O3S2/c1-14-3-5-17(18-7-8-24-26(18)2)20(11-14)29-19-6-4-16(12-15(19)13-22)31(27,28)25-21-23-9-10-30-21/h3-12H,1-2H3,(H,23,25). The van der Waals surface area contributed by atoms with Crippen LogP contribution in [0.25, 0.3) is 11.3 Å². The lowest BCUT2D eigenvalue weighted by Gasteiger charge is -2.14. The average Bonchev–Trinajstić information content (AvgIpc) is 3.40. The first-order valence-corrected chi connectivity index (χ1v) is 11.5. The van der Waals surface area contributed by atoms with Crippen LogP contribution in [0.15, 0.2) is 65.1 Å². The molecule has 0 spiro atoms. The Balaban J connectivity index is 1.70. The molecule has 0 bridgehead atoms. The van der Waals surface area contributed by atoms with Gasteiger partial charge in [-0.05, 0) is 48.9 Å². The molecule has 1 N–H and O–H groups in total. The SMILES string of the molecule is Cc1ccc(-c2ccnn2C)c(Oc2ccc(S(=O)(=O)Nc3nccs3)cc2C#N)c1. The van der Waals surface area contributed by atoms with Gasteiger partial charge in [0.15, 0.2) is 5.13 Å². The summed E-state index contributed by atoms with van der Waals surface area (Å²) in [6.45, 7) is 1.94. The second-order valence-corrected chi connectivity index (χ2v) is 9.23. The zero-order valence-corrected chi connectivity index (χ0v) is 18.2. The minimum Gasteiger partial charge on any atom is -0.455 e. The zero-order valence-electron chi connectivity index (χ0n) is 16.6. The number of nitrogens with zero attached hydrogens (tertiary/aromatic N) is 4. The van der Waals surface area contributed by atoms with E-state index in [0.29, 0.717) is 5.75 Å². The summed E-state index contributed by atoms with van der Waals surface area (Å²) < 4.78 is 35.4. The van der Waals surface area contributed by atoms with Crippen LogP contribution in [-0.4, -0.2) is 23.2 Å². The highest BCUT2D eigenvalue weighted by molar-refractivity contribution is 7.93. The predicted molar refractivity (Wildman–Crippen MR) is 118 cm³/mol. The second-order valence-electron chi connectivity index (χ2n) is 6.65. The van der Waals surface area contributed by atoms with Crippen molar-refractivity contribution in [2.24, 2.45) is 7.05 Å². The van der Waals surface area contributed by atoms with Crippen molar-refractivity contribution in [3.05, 3.63) is 71.4 Å². The number of hydrogen-bond acceptors (Lipinski definition) is 7. The molecule has 0 radical (unpaired) electrons. The van der Waals surface area contributed by atoms with Crippen LogP contribution in [0.1, 0.15) is 11.1 Å². The third kappa shape index (κ3) is 4.28. The number of nitriles is 1. The highest BCUT2D eigenvalue weighted by Crippen LogP contribution is 2.36. The van der Waals surface area contributed by atoms with Gasteiger partial charge >= 0.3 is 0 Å². The maximum absolute atomic E-state index is 12.6. The van der Waals surface area contributed by atoms with Gasteiger partial charge in [0.1, 0.15) is 17.6 Å². The maximum Gasteiger partial charge on any atom is 0.263 e. The first kappa shape index (κ1) is 20.6. The number of rotatable bonds is 6. The predicted octanol–water partition coefficient (Wildman–Crippen LogP) is 4.32. The summed E-state index contributed by atoms with van der Waals surface area (Å²) in [5, 5.41) is 15.7. The van der Waals surface area contributed by atoms with Crippen molar-refractivity contribution in [1.29, 1.82) is 5.26 Å². The van der Waals surface area contributed by atoms with Crippen molar-refractivity contribution >= 4 is 26.5 Å². The molecule has 0 unspecified atom stereocenters. The Hall–Kier alpha value is -3.68. The van der Waals surface area contributed by atoms with Crippen LogP contribution >= 0.6 is 11.3 Å². The molecule has 0 saturated carbocycles. The molecule has 156 valence electrons. The van der Waals surface area contributed by atoms with Crippen LogP contribution in [0.3, 0.4) is 0 Å². The number of aryl methyl sites for hydroxylation is 2. The van der Waals surface area contributed by atoms with Crippen molar-refractivity contribution in [1.82, 2.24) is 14.8 Å². The molecule has 10 heteroatoms. The summed E-state index contributed by atoms with van der Waals surface area (Å²) in [5.41, 5.74) is 2.72. The topological polar surface area (TPSA) is 110 Å². The minimum atomic E-state index is -3.88. The molecule has 0 aliphatic heterocycles. The van der Waals surface area contributed by atoms with Crippen molar-refractivity contribution in [3.8, 4) is 28.8 Å². The van der Waals surface area contributed by atoms with Gasteiger partial charge in [-0.25, -0.2) is 13.4 Å². The van der Waals surface area contributed by atoms with E-state index in [1.165, 1.54) is 24.4 Å². The fourth-order valence-corrected chi connectivity index (χ4v) is 4.80. The van der Waals surface area contributed by atoms with Gasteiger partial charge in [-0.1, -0.05) is 6.07 Å². The van der Waals surface area contributed by atoms with Gasteiger partial charge < -0.3 is 4.74 Å². The third-order valence-corrected chi connectivity index (χ3v) is 6.64. The Morgan fingerprint density at radius 1 is 1.13 bits per heavy atom. The largest absolute Gasteiger partial charge is 0.455 e. The van der Waals surface area contributed by atoms with E-state index in [9.17, 15) is 13.7 Å². The Morgan fingerprint density at radius 3 is 2.65 bits per heavy atom. The lowest BCUT2D eigenvalue weighted by molar-refractivity contribution is 0.481. The monoisotopic (exact) mass is 451 g/mol. The number of hydrogen-bond donors (Lipinski definition) is 1. The number of aromatic nitrogens is 3. The molecule has 0 saturated heterocycles. The summed E-state index contributed by atoms with van der Waals surface area (Å²) in [5.74, 6) is 0.793. The average molecular weight is 452 g/mol. The minimum absolute atomic E-state index is 0.0531.